The maximum atomic E-state index is 11.4. The van der Waals surface area contributed by atoms with Gasteiger partial charge in [0.05, 0.1) is 19.0 Å². The number of hydrogen-bond acceptors (Lipinski definition) is 3. The maximum Gasteiger partial charge on any atom is 0.233 e. The average molecular weight is 235 g/mol. The fraction of sp³-hybridized carbons (Fsp3) is 0.846. The molecule has 2 aliphatic carbocycles. The highest BCUT2D eigenvalue weighted by Gasteiger charge is 2.38. The molecule has 0 aromatic heterocycles. The van der Waals surface area contributed by atoms with Crippen molar-refractivity contribution in [2.75, 3.05) is 19.6 Å². The van der Waals surface area contributed by atoms with E-state index in [1.165, 1.54) is 25.7 Å². The Hall–Kier alpha value is -1.08. The smallest absolute Gasteiger partial charge is 0.233 e. The van der Waals surface area contributed by atoms with E-state index in [0.717, 1.165) is 24.3 Å². The fourth-order valence-electron chi connectivity index (χ4n) is 3.32. The molecular formula is C13H21N3O. The van der Waals surface area contributed by atoms with Gasteiger partial charge in [-0.1, -0.05) is 6.42 Å². The summed E-state index contributed by atoms with van der Waals surface area (Å²) >= 11 is 0. The predicted molar refractivity (Wildman–Crippen MR) is 65.0 cm³/mol. The lowest BCUT2D eigenvalue weighted by Gasteiger charge is -2.21. The van der Waals surface area contributed by atoms with Gasteiger partial charge in [0.15, 0.2) is 0 Å². The lowest BCUT2D eigenvalue weighted by Crippen LogP contribution is -2.37. The Morgan fingerprint density at radius 1 is 1.35 bits per heavy atom. The fourth-order valence-corrected chi connectivity index (χ4v) is 3.32. The first-order valence-corrected chi connectivity index (χ1v) is 6.64. The van der Waals surface area contributed by atoms with Gasteiger partial charge in [0, 0.05) is 6.54 Å². The van der Waals surface area contributed by atoms with Crippen LogP contribution in [0, 0.1) is 29.1 Å². The van der Waals surface area contributed by atoms with Crippen molar-refractivity contribution in [3.8, 4) is 6.07 Å². The van der Waals surface area contributed by atoms with E-state index in [1.54, 1.807) is 0 Å². The van der Waals surface area contributed by atoms with Crippen molar-refractivity contribution in [3.05, 3.63) is 0 Å². The van der Waals surface area contributed by atoms with Crippen molar-refractivity contribution in [1.29, 1.82) is 5.26 Å². The zero-order valence-electron chi connectivity index (χ0n) is 10.2. The summed E-state index contributed by atoms with van der Waals surface area (Å²) in [5, 5.41) is 14.3. The molecule has 2 fully saturated rings. The lowest BCUT2D eigenvalue weighted by molar-refractivity contribution is -0.120. The summed E-state index contributed by atoms with van der Waals surface area (Å²) in [6, 6.07) is 2.01. The van der Waals surface area contributed by atoms with Gasteiger partial charge in [-0.15, -0.1) is 0 Å². The highest BCUT2D eigenvalue weighted by molar-refractivity contribution is 5.77. The molecule has 4 heteroatoms. The standard InChI is InChI=1S/C13H21N3O/c14-4-1-5-16-13(17)9-15-8-12-7-10-2-3-11(12)6-10/h10-12,15H,1-3,5-9H2,(H,16,17). The molecule has 0 heterocycles. The van der Waals surface area contributed by atoms with Gasteiger partial charge in [-0.05, 0) is 43.6 Å². The molecule has 94 valence electrons. The molecule has 2 rings (SSSR count). The van der Waals surface area contributed by atoms with Crippen LogP contribution in [0.5, 0.6) is 0 Å². The van der Waals surface area contributed by atoms with Gasteiger partial charge < -0.3 is 10.6 Å². The van der Waals surface area contributed by atoms with Crippen LogP contribution in [-0.2, 0) is 4.79 Å². The number of hydrogen-bond donors (Lipinski definition) is 2. The molecule has 17 heavy (non-hydrogen) atoms. The van der Waals surface area contributed by atoms with E-state index in [4.69, 9.17) is 5.26 Å². The molecule has 4 nitrogen and oxygen atoms in total. The molecule has 0 radical (unpaired) electrons. The third-order valence-electron chi connectivity index (χ3n) is 4.14. The van der Waals surface area contributed by atoms with Crippen molar-refractivity contribution >= 4 is 5.91 Å². The van der Waals surface area contributed by atoms with E-state index in [1.807, 2.05) is 6.07 Å². The van der Waals surface area contributed by atoms with Crippen LogP contribution in [0.1, 0.15) is 32.1 Å². The van der Waals surface area contributed by atoms with Crippen molar-refractivity contribution in [3.63, 3.8) is 0 Å². The second-order valence-electron chi connectivity index (χ2n) is 5.32. The third kappa shape index (κ3) is 3.44. The number of amides is 1. The van der Waals surface area contributed by atoms with Crippen LogP contribution >= 0.6 is 0 Å². The minimum absolute atomic E-state index is 0.00315. The summed E-state index contributed by atoms with van der Waals surface area (Å²) < 4.78 is 0. The molecule has 2 saturated carbocycles. The quantitative estimate of drug-likeness (QED) is 0.676. The summed E-state index contributed by atoms with van der Waals surface area (Å²) in [7, 11) is 0. The highest BCUT2D eigenvalue weighted by atomic mass is 16.1. The molecule has 0 saturated heterocycles. The van der Waals surface area contributed by atoms with Gasteiger partial charge in [0.25, 0.3) is 0 Å². The van der Waals surface area contributed by atoms with Gasteiger partial charge in [0.1, 0.15) is 0 Å². The summed E-state index contributed by atoms with van der Waals surface area (Å²) in [6.45, 7) is 1.83. The van der Waals surface area contributed by atoms with Crippen LogP contribution in [0.15, 0.2) is 0 Å². The van der Waals surface area contributed by atoms with E-state index in [0.29, 0.717) is 19.5 Å². The Kier molecular flexibility index (Phi) is 4.38. The van der Waals surface area contributed by atoms with E-state index >= 15 is 0 Å². The first-order valence-electron chi connectivity index (χ1n) is 6.64. The van der Waals surface area contributed by atoms with Crippen LogP contribution in [0.4, 0.5) is 0 Å². The minimum Gasteiger partial charge on any atom is -0.354 e. The number of rotatable bonds is 6. The van der Waals surface area contributed by atoms with Crippen molar-refractivity contribution in [2.45, 2.75) is 32.1 Å². The third-order valence-corrected chi connectivity index (χ3v) is 4.14. The summed E-state index contributed by atoms with van der Waals surface area (Å²) in [5.74, 6) is 2.68. The first kappa shape index (κ1) is 12.4. The molecule has 0 aromatic carbocycles. The second kappa shape index (κ2) is 6.02. The Bertz CT molecular complexity index is 310. The van der Waals surface area contributed by atoms with E-state index < -0.39 is 0 Å². The monoisotopic (exact) mass is 235 g/mol. The normalized spacial score (nSPS) is 30.2. The molecule has 2 N–H and O–H groups in total. The molecule has 3 atom stereocenters. The van der Waals surface area contributed by atoms with Crippen LogP contribution in [0.2, 0.25) is 0 Å². The lowest BCUT2D eigenvalue weighted by atomic mass is 9.89. The number of fused-ring (bicyclic) bond motifs is 2. The minimum atomic E-state index is 0.00315. The molecule has 1 amide bonds. The van der Waals surface area contributed by atoms with Crippen LogP contribution in [0.25, 0.3) is 0 Å². The zero-order valence-corrected chi connectivity index (χ0v) is 10.2. The summed E-state index contributed by atoms with van der Waals surface area (Å²) in [6.07, 6.45) is 5.98. The number of nitriles is 1. The van der Waals surface area contributed by atoms with Gasteiger partial charge in [-0.3, -0.25) is 4.79 Å². The zero-order chi connectivity index (χ0) is 12.1. The molecule has 0 aromatic rings. The van der Waals surface area contributed by atoms with Crippen molar-refractivity contribution in [2.24, 2.45) is 17.8 Å². The Morgan fingerprint density at radius 2 is 2.24 bits per heavy atom. The van der Waals surface area contributed by atoms with Gasteiger partial charge in [-0.25, -0.2) is 0 Å². The molecule has 2 bridgehead atoms. The molecular weight excluding hydrogens is 214 g/mol. The van der Waals surface area contributed by atoms with Crippen LogP contribution in [0.3, 0.4) is 0 Å². The van der Waals surface area contributed by atoms with Gasteiger partial charge in [-0.2, -0.15) is 5.26 Å². The molecule has 2 aliphatic rings. The topological polar surface area (TPSA) is 64.9 Å². The average Bonchev–Trinajstić information content (AvgIpc) is 2.91. The van der Waals surface area contributed by atoms with Gasteiger partial charge in [0.2, 0.25) is 5.91 Å². The van der Waals surface area contributed by atoms with E-state index in [2.05, 4.69) is 10.6 Å². The number of nitrogens with one attached hydrogen (secondary N) is 2. The highest BCUT2D eigenvalue weighted by Crippen LogP contribution is 2.47. The summed E-state index contributed by atoms with van der Waals surface area (Å²) in [4.78, 5) is 11.4. The number of carbonyl (C=O) groups is 1. The maximum absolute atomic E-state index is 11.4. The van der Waals surface area contributed by atoms with Crippen molar-refractivity contribution < 1.29 is 4.79 Å². The Labute approximate surface area is 103 Å². The first-order chi connectivity index (χ1) is 8.29. The second-order valence-corrected chi connectivity index (χ2v) is 5.32. The SMILES string of the molecule is N#CCCNC(=O)CNCC1CC2CCC1C2. The largest absolute Gasteiger partial charge is 0.354 e. The van der Waals surface area contributed by atoms with E-state index in [9.17, 15) is 4.79 Å². The Balaban J connectivity index is 1.54. The molecule has 3 unspecified atom stereocenters. The predicted octanol–water partition coefficient (Wildman–Crippen LogP) is 1.04. The molecule has 0 aliphatic heterocycles. The summed E-state index contributed by atoms with van der Waals surface area (Å²) in [5.41, 5.74) is 0. The number of carbonyl (C=O) groups excluding carboxylic acids is 1. The van der Waals surface area contributed by atoms with Gasteiger partial charge >= 0.3 is 0 Å². The van der Waals surface area contributed by atoms with Crippen LogP contribution < -0.4 is 10.6 Å². The van der Waals surface area contributed by atoms with Crippen molar-refractivity contribution in [1.82, 2.24) is 10.6 Å². The number of nitrogens with zero attached hydrogens (tertiary/aromatic N) is 1. The Morgan fingerprint density at radius 3 is 2.88 bits per heavy atom. The van der Waals surface area contributed by atoms with E-state index in [-0.39, 0.29) is 5.91 Å². The van der Waals surface area contributed by atoms with Crippen LogP contribution in [-0.4, -0.2) is 25.5 Å². The molecule has 0 spiro atoms.